The second kappa shape index (κ2) is 6.36. The van der Waals surface area contributed by atoms with Crippen molar-refractivity contribution in [1.82, 2.24) is 15.1 Å². The molecule has 1 atom stereocenters. The fourth-order valence-corrected chi connectivity index (χ4v) is 1.97. The summed E-state index contributed by atoms with van der Waals surface area (Å²) in [6, 6.07) is 6.53. The second-order valence-corrected chi connectivity index (χ2v) is 4.85. The lowest BCUT2D eigenvalue weighted by Crippen LogP contribution is -2.34. The summed E-state index contributed by atoms with van der Waals surface area (Å²) >= 11 is 0. The van der Waals surface area contributed by atoms with E-state index in [2.05, 4.69) is 10.4 Å². The third-order valence-electron chi connectivity index (χ3n) is 3.04. The molecule has 2 rings (SSSR count). The minimum absolute atomic E-state index is 0.0426. The van der Waals surface area contributed by atoms with E-state index in [-0.39, 0.29) is 36.5 Å². The molecule has 0 radical (unpaired) electrons. The Hall–Kier alpha value is -2.41. The number of aryl methyl sites for hydroxylation is 1. The fourth-order valence-electron chi connectivity index (χ4n) is 1.97. The van der Waals surface area contributed by atoms with Crippen LogP contribution in [0.5, 0.6) is 0 Å². The number of nitrogens with zero attached hydrogens (tertiary/aromatic N) is 1. The predicted molar refractivity (Wildman–Crippen MR) is 78.1 cm³/mol. The summed E-state index contributed by atoms with van der Waals surface area (Å²) in [5.41, 5.74) is -0.705. The molecule has 1 heterocycles. The number of rotatable bonds is 5. The lowest BCUT2D eigenvalue weighted by Gasteiger charge is -2.09. The Kier molecular flexibility index (Phi) is 4.54. The van der Waals surface area contributed by atoms with Crippen LogP contribution in [0.25, 0.3) is 10.8 Å². The minimum atomic E-state index is -0.628. The molecule has 0 aliphatic heterocycles. The number of aliphatic hydroxyl groups excluding tert-OH is 1. The average molecular weight is 291 g/mol. The average Bonchev–Trinajstić information content (AvgIpc) is 2.47. The van der Waals surface area contributed by atoms with Crippen LogP contribution < -0.4 is 16.4 Å². The molecule has 0 saturated heterocycles. The van der Waals surface area contributed by atoms with Gasteiger partial charge in [0.15, 0.2) is 0 Å². The highest BCUT2D eigenvalue weighted by Crippen LogP contribution is 2.02. The third kappa shape index (κ3) is 3.57. The van der Waals surface area contributed by atoms with Crippen molar-refractivity contribution in [2.75, 3.05) is 6.54 Å². The van der Waals surface area contributed by atoms with Gasteiger partial charge in [0.25, 0.3) is 11.1 Å². The van der Waals surface area contributed by atoms with Gasteiger partial charge in [-0.1, -0.05) is 12.1 Å². The lowest BCUT2D eigenvalue weighted by atomic mass is 10.2. The Balaban J connectivity index is 2.16. The first-order valence-corrected chi connectivity index (χ1v) is 6.65. The largest absolute Gasteiger partial charge is 0.392 e. The van der Waals surface area contributed by atoms with Crippen LogP contribution in [-0.2, 0) is 11.3 Å². The zero-order valence-electron chi connectivity index (χ0n) is 11.6. The van der Waals surface area contributed by atoms with Crippen LogP contribution in [0.15, 0.2) is 33.9 Å². The van der Waals surface area contributed by atoms with E-state index in [4.69, 9.17) is 5.11 Å². The SMILES string of the molecule is CC(O)CNC(=O)CCn1[nH]c(=O)c2ccccc2c1=O. The quantitative estimate of drug-likeness (QED) is 0.695. The molecular formula is C14H17N3O4. The number of hydrogen-bond acceptors (Lipinski definition) is 4. The monoisotopic (exact) mass is 291 g/mol. The Morgan fingerprint density at radius 2 is 2.00 bits per heavy atom. The number of H-pyrrole nitrogens is 1. The Bertz CT molecular complexity index is 761. The molecule has 112 valence electrons. The van der Waals surface area contributed by atoms with Gasteiger partial charge in [-0.15, -0.1) is 0 Å². The maximum atomic E-state index is 12.2. The first-order valence-electron chi connectivity index (χ1n) is 6.65. The van der Waals surface area contributed by atoms with E-state index < -0.39 is 6.10 Å². The summed E-state index contributed by atoms with van der Waals surface area (Å²) in [6.07, 6.45) is -0.585. The van der Waals surface area contributed by atoms with E-state index in [1.165, 1.54) is 0 Å². The van der Waals surface area contributed by atoms with Gasteiger partial charge in [-0.25, -0.2) is 4.68 Å². The molecule has 7 nitrogen and oxygen atoms in total. The number of aromatic nitrogens is 2. The molecule has 21 heavy (non-hydrogen) atoms. The first-order chi connectivity index (χ1) is 9.99. The van der Waals surface area contributed by atoms with Crippen molar-refractivity contribution in [1.29, 1.82) is 0 Å². The number of hydrogen-bond donors (Lipinski definition) is 3. The summed E-state index contributed by atoms with van der Waals surface area (Å²) in [5, 5.41) is 14.7. The number of fused-ring (bicyclic) bond motifs is 1. The van der Waals surface area contributed by atoms with Gasteiger partial charge in [0.05, 0.1) is 23.4 Å². The highest BCUT2D eigenvalue weighted by Gasteiger charge is 2.08. The van der Waals surface area contributed by atoms with Crippen molar-refractivity contribution in [2.24, 2.45) is 0 Å². The molecule has 7 heteroatoms. The third-order valence-corrected chi connectivity index (χ3v) is 3.04. The van der Waals surface area contributed by atoms with Crippen LogP contribution in [0.3, 0.4) is 0 Å². The maximum Gasteiger partial charge on any atom is 0.273 e. The minimum Gasteiger partial charge on any atom is -0.392 e. The van der Waals surface area contributed by atoms with E-state index in [0.717, 1.165) is 4.68 Å². The molecule has 1 aromatic carbocycles. The Morgan fingerprint density at radius 1 is 1.33 bits per heavy atom. The van der Waals surface area contributed by atoms with Crippen LogP contribution in [0.1, 0.15) is 13.3 Å². The highest BCUT2D eigenvalue weighted by atomic mass is 16.3. The van der Waals surface area contributed by atoms with Crippen molar-refractivity contribution in [3.05, 3.63) is 45.0 Å². The molecule has 1 unspecified atom stereocenters. The molecule has 3 N–H and O–H groups in total. The zero-order valence-corrected chi connectivity index (χ0v) is 11.6. The van der Waals surface area contributed by atoms with Crippen LogP contribution in [0, 0.1) is 0 Å². The number of carbonyl (C=O) groups is 1. The van der Waals surface area contributed by atoms with E-state index in [1.807, 2.05) is 0 Å². The lowest BCUT2D eigenvalue weighted by molar-refractivity contribution is -0.121. The van der Waals surface area contributed by atoms with Crippen LogP contribution >= 0.6 is 0 Å². The second-order valence-electron chi connectivity index (χ2n) is 4.85. The van der Waals surface area contributed by atoms with Gasteiger partial charge in [-0.3, -0.25) is 19.5 Å². The van der Waals surface area contributed by atoms with Crippen molar-refractivity contribution in [2.45, 2.75) is 26.0 Å². The molecule has 0 aliphatic carbocycles. The summed E-state index contributed by atoms with van der Waals surface area (Å²) in [6.45, 7) is 1.79. The number of aromatic amines is 1. The van der Waals surface area contributed by atoms with Gasteiger partial charge in [0.1, 0.15) is 0 Å². The molecule has 0 aliphatic rings. The zero-order chi connectivity index (χ0) is 15.4. The van der Waals surface area contributed by atoms with Gasteiger partial charge in [-0.05, 0) is 19.1 Å². The van der Waals surface area contributed by atoms with Crippen molar-refractivity contribution >= 4 is 16.7 Å². The Labute approximate surface area is 120 Å². The molecule has 0 saturated carbocycles. The highest BCUT2D eigenvalue weighted by molar-refractivity contribution is 5.80. The number of amides is 1. The molecule has 0 spiro atoms. The van der Waals surface area contributed by atoms with Gasteiger partial charge in [-0.2, -0.15) is 0 Å². The van der Waals surface area contributed by atoms with E-state index in [0.29, 0.717) is 10.8 Å². The van der Waals surface area contributed by atoms with E-state index in [9.17, 15) is 14.4 Å². The van der Waals surface area contributed by atoms with Crippen LogP contribution in [0.2, 0.25) is 0 Å². The number of benzene rings is 1. The van der Waals surface area contributed by atoms with Crippen molar-refractivity contribution in [3.8, 4) is 0 Å². The molecule has 1 aromatic heterocycles. The summed E-state index contributed by atoms with van der Waals surface area (Å²) in [5.74, 6) is -0.295. The van der Waals surface area contributed by atoms with Gasteiger partial charge in [0.2, 0.25) is 5.91 Å². The summed E-state index contributed by atoms with van der Waals surface area (Å²) < 4.78 is 1.13. The summed E-state index contributed by atoms with van der Waals surface area (Å²) in [7, 11) is 0. The first kappa shape index (κ1) is 15.0. The molecule has 0 fully saturated rings. The van der Waals surface area contributed by atoms with Crippen LogP contribution in [-0.4, -0.2) is 33.4 Å². The fraction of sp³-hybridized carbons (Fsp3) is 0.357. The molecular weight excluding hydrogens is 274 g/mol. The van der Waals surface area contributed by atoms with Crippen molar-refractivity contribution < 1.29 is 9.90 Å². The maximum absolute atomic E-state index is 12.2. The van der Waals surface area contributed by atoms with Gasteiger partial charge in [0, 0.05) is 13.0 Å². The number of aliphatic hydroxyl groups is 1. The molecule has 1 amide bonds. The molecule has 2 aromatic rings. The number of carbonyl (C=O) groups excluding carboxylic acids is 1. The smallest absolute Gasteiger partial charge is 0.273 e. The van der Waals surface area contributed by atoms with Crippen molar-refractivity contribution in [3.63, 3.8) is 0 Å². The number of nitrogens with one attached hydrogen (secondary N) is 2. The Morgan fingerprint density at radius 3 is 2.67 bits per heavy atom. The van der Waals surface area contributed by atoms with Gasteiger partial charge >= 0.3 is 0 Å². The van der Waals surface area contributed by atoms with E-state index in [1.54, 1.807) is 31.2 Å². The normalized spacial score (nSPS) is 12.3. The standard InChI is InChI=1S/C14H17N3O4/c1-9(18)8-15-12(19)6-7-17-14(21)11-5-3-2-4-10(11)13(20)16-17/h2-5,9,18H,6-8H2,1H3,(H,15,19)(H,16,20). The van der Waals surface area contributed by atoms with Gasteiger partial charge < -0.3 is 10.4 Å². The predicted octanol–water partition coefficient (Wildman–Crippen LogP) is -0.423. The van der Waals surface area contributed by atoms with Crippen LogP contribution in [0.4, 0.5) is 0 Å². The summed E-state index contributed by atoms with van der Waals surface area (Å²) in [4.78, 5) is 35.6. The molecule has 0 bridgehead atoms. The van der Waals surface area contributed by atoms with E-state index >= 15 is 0 Å². The topological polar surface area (TPSA) is 104 Å².